The topological polar surface area (TPSA) is 50.7 Å². The summed E-state index contributed by atoms with van der Waals surface area (Å²) in [5.74, 6) is 1.42. The molecule has 0 saturated carbocycles. The van der Waals surface area contributed by atoms with E-state index in [9.17, 15) is 4.79 Å². The van der Waals surface area contributed by atoms with Gasteiger partial charge in [0.2, 0.25) is 0 Å². The third-order valence-corrected chi connectivity index (χ3v) is 4.54. The second kappa shape index (κ2) is 10.4. The molecule has 1 atom stereocenters. The second-order valence-corrected chi connectivity index (χ2v) is 6.67. The van der Waals surface area contributed by atoms with Crippen LogP contribution < -0.4 is 10.2 Å². The molecule has 130 valence electrons. The van der Waals surface area contributed by atoms with Gasteiger partial charge >= 0.3 is 0 Å². The number of amides is 1. The predicted octanol–water partition coefficient (Wildman–Crippen LogP) is 4.02. The minimum absolute atomic E-state index is 0.115. The molecule has 0 aromatic heterocycles. The lowest BCUT2D eigenvalue weighted by atomic mass is 10.2. The summed E-state index contributed by atoms with van der Waals surface area (Å²) in [4.78, 5) is 12.1. The van der Waals surface area contributed by atoms with Crippen molar-refractivity contribution in [1.29, 1.82) is 0 Å². The Hall–Kier alpha value is -2.53. The fraction of sp³-hybridized carbons (Fsp3) is 0.200. The van der Waals surface area contributed by atoms with Crippen LogP contribution in [-0.4, -0.2) is 24.0 Å². The lowest BCUT2D eigenvalue weighted by Gasteiger charge is -2.09. The van der Waals surface area contributed by atoms with E-state index in [1.807, 2.05) is 49.4 Å². The van der Waals surface area contributed by atoms with Crippen molar-refractivity contribution in [1.82, 2.24) is 5.43 Å². The molecular weight excluding hydrogens is 332 g/mol. The highest BCUT2D eigenvalue weighted by molar-refractivity contribution is 7.99. The highest BCUT2D eigenvalue weighted by Gasteiger charge is 2.12. The summed E-state index contributed by atoms with van der Waals surface area (Å²) in [5.41, 5.74) is 4.64. The molecule has 0 bridgehead atoms. The molecule has 5 heteroatoms. The van der Waals surface area contributed by atoms with Crippen LogP contribution in [0.1, 0.15) is 18.1 Å². The fourth-order valence-corrected chi connectivity index (χ4v) is 2.81. The van der Waals surface area contributed by atoms with Crippen LogP contribution in [0.25, 0.3) is 0 Å². The normalized spacial score (nSPS) is 11.9. The van der Waals surface area contributed by atoms with Crippen LogP contribution in [0, 0.1) is 0 Å². The zero-order valence-corrected chi connectivity index (χ0v) is 15.0. The Morgan fingerprint density at radius 1 is 1.28 bits per heavy atom. The Balaban J connectivity index is 1.80. The van der Waals surface area contributed by atoms with Crippen molar-refractivity contribution in [3.8, 4) is 5.75 Å². The summed E-state index contributed by atoms with van der Waals surface area (Å²) < 4.78 is 5.47. The Morgan fingerprint density at radius 3 is 2.84 bits per heavy atom. The summed E-state index contributed by atoms with van der Waals surface area (Å²) in [6.45, 7) is 5.95. The summed E-state index contributed by atoms with van der Waals surface area (Å²) in [6, 6.07) is 17.6. The van der Waals surface area contributed by atoms with E-state index in [1.54, 1.807) is 24.1 Å². The summed E-state index contributed by atoms with van der Waals surface area (Å²) in [5, 5.41) is 3.84. The maximum Gasteiger partial charge on any atom is 0.252 e. The molecule has 2 rings (SSSR count). The van der Waals surface area contributed by atoms with Crippen LogP contribution in [-0.2, 0) is 10.5 Å². The van der Waals surface area contributed by atoms with Gasteiger partial charge in [-0.3, -0.25) is 4.79 Å². The third-order valence-electron chi connectivity index (χ3n) is 3.33. The van der Waals surface area contributed by atoms with Gasteiger partial charge in [0.15, 0.2) is 0 Å². The number of hydrogen-bond donors (Lipinski definition) is 1. The number of hydrogen-bond acceptors (Lipinski definition) is 4. The van der Waals surface area contributed by atoms with Crippen molar-refractivity contribution < 1.29 is 9.53 Å². The molecule has 2 aromatic carbocycles. The number of carbonyl (C=O) groups is 1. The number of benzene rings is 2. The van der Waals surface area contributed by atoms with Gasteiger partial charge in [-0.15, -0.1) is 11.8 Å². The van der Waals surface area contributed by atoms with Crippen LogP contribution in [0.5, 0.6) is 5.75 Å². The summed E-state index contributed by atoms with van der Waals surface area (Å²) in [7, 11) is 0. The van der Waals surface area contributed by atoms with E-state index >= 15 is 0 Å². The van der Waals surface area contributed by atoms with Crippen molar-refractivity contribution in [2.75, 3.05) is 6.61 Å². The number of rotatable bonds is 9. The Kier molecular flexibility index (Phi) is 7.79. The molecule has 0 heterocycles. The van der Waals surface area contributed by atoms with Crippen LogP contribution in [0.15, 0.2) is 72.4 Å². The van der Waals surface area contributed by atoms with Crippen molar-refractivity contribution in [2.45, 2.75) is 17.9 Å². The van der Waals surface area contributed by atoms with Gasteiger partial charge in [-0.2, -0.15) is 5.10 Å². The first-order valence-corrected chi connectivity index (χ1v) is 9.06. The van der Waals surface area contributed by atoms with E-state index in [0.717, 1.165) is 17.1 Å². The molecular formula is C20H22N2O2S. The quantitative estimate of drug-likeness (QED) is 0.420. The van der Waals surface area contributed by atoms with Gasteiger partial charge in [-0.1, -0.05) is 55.1 Å². The van der Waals surface area contributed by atoms with Crippen molar-refractivity contribution >= 4 is 23.9 Å². The van der Waals surface area contributed by atoms with Gasteiger partial charge < -0.3 is 4.74 Å². The first-order chi connectivity index (χ1) is 12.2. The molecule has 0 radical (unpaired) electrons. The summed E-state index contributed by atoms with van der Waals surface area (Å²) >= 11 is 1.58. The zero-order valence-electron chi connectivity index (χ0n) is 14.2. The first kappa shape index (κ1) is 18.8. The van der Waals surface area contributed by atoms with E-state index < -0.39 is 0 Å². The van der Waals surface area contributed by atoms with Gasteiger partial charge in [0.1, 0.15) is 12.4 Å². The smallest absolute Gasteiger partial charge is 0.252 e. The number of thioether (sulfide) groups is 1. The average Bonchev–Trinajstić information content (AvgIpc) is 2.65. The standard InChI is InChI=1S/C20H22N2O2S/c1-3-12-24-19-11-7-10-18(13-19)14-21-22-20(23)16(2)25-15-17-8-5-4-6-9-17/h3-11,13-14,16H,1,12,15H2,2H3,(H,22,23)/b21-14-/t16-/m1/s1. The third kappa shape index (κ3) is 6.85. The number of hydrazone groups is 1. The molecule has 0 fully saturated rings. The van der Waals surface area contributed by atoms with Gasteiger partial charge in [0.05, 0.1) is 11.5 Å². The van der Waals surface area contributed by atoms with Crippen molar-refractivity contribution in [3.63, 3.8) is 0 Å². The molecule has 0 aliphatic heterocycles. The second-order valence-electron chi connectivity index (χ2n) is 5.35. The molecule has 2 aromatic rings. The monoisotopic (exact) mass is 354 g/mol. The molecule has 0 aliphatic carbocycles. The lowest BCUT2D eigenvalue weighted by molar-refractivity contribution is -0.120. The van der Waals surface area contributed by atoms with Crippen LogP contribution in [0.4, 0.5) is 0 Å². The van der Waals surface area contributed by atoms with E-state index in [-0.39, 0.29) is 11.2 Å². The maximum atomic E-state index is 12.1. The molecule has 1 N–H and O–H groups in total. The molecule has 0 unspecified atom stereocenters. The van der Waals surface area contributed by atoms with Crippen LogP contribution >= 0.6 is 11.8 Å². The number of nitrogens with zero attached hydrogens (tertiary/aromatic N) is 1. The highest BCUT2D eigenvalue weighted by atomic mass is 32.2. The SMILES string of the molecule is C=CCOc1cccc(/C=N\NC(=O)[C@@H](C)SCc2ccccc2)c1. The van der Waals surface area contributed by atoms with E-state index in [4.69, 9.17) is 4.74 Å². The lowest BCUT2D eigenvalue weighted by Crippen LogP contribution is -2.26. The predicted molar refractivity (Wildman–Crippen MR) is 105 cm³/mol. The molecule has 0 aliphatic rings. The van der Waals surface area contributed by atoms with E-state index in [1.165, 1.54) is 5.56 Å². The van der Waals surface area contributed by atoms with Crippen molar-refractivity contribution in [2.24, 2.45) is 5.10 Å². The van der Waals surface area contributed by atoms with E-state index in [2.05, 4.69) is 29.2 Å². The maximum absolute atomic E-state index is 12.1. The average molecular weight is 354 g/mol. The highest BCUT2D eigenvalue weighted by Crippen LogP contribution is 2.17. The molecule has 4 nitrogen and oxygen atoms in total. The minimum atomic E-state index is -0.181. The molecule has 1 amide bonds. The fourth-order valence-electron chi connectivity index (χ4n) is 1.97. The molecule has 0 spiro atoms. The first-order valence-electron chi connectivity index (χ1n) is 8.01. The van der Waals surface area contributed by atoms with Crippen LogP contribution in [0.3, 0.4) is 0 Å². The minimum Gasteiger partial charge on any atom is -0.490 e. The van der Waals surface area contributed by atoms with Gasteiger partial charge in [0.25, 0.3) is 5.91 Å². The van der Waals surface area contributed by atoms with Gasteiger partial charge in [0, 0.05) is 5.75 Å². The summed E-state index contributed by atoms with van der Waals surface area (Å²) in [6.07, 6.45) is 3.29. The van der Waals surface area contributed by atoms with E-state index in [0.29, 0.717) is 6.61 Å². The Bertz CT molecular complexity index is 717. The van der Waals surface area contributed by atoms with Crippen molar-refractivity contribution in [3.05, 3.63) is 78.4 Å². The molecule has 25 heavy (non-hydrogen) atoms. The van der Waals surface area contributed by atoms with Gasteiger partial charge in [-0.05, 0) is 30.2 Å². The number of carbonyl (C=O) groups excluding carboxylic acids is 1. The number of nitrogens with one attached hydrogen (secondary N) is 1. The Labute approximate surface area is 153 Å². The Morgan fingerprint density at radius 2 is 2.08 bits per heavy atom. The van der Waals surface area contributed by atoms with Gasteiger partial charge in [-0.25, -0.2) is 5.43 Å². The zero-order chi connectivity index (χ0) is 17.9. The molecule has 0 saturated heterocycles. The number of ether oxygens (including phenoxy) is 1. The largest absolute Gasteiger partial charge is 0.490 e. The van der Waals surface area contributed by atoms with Crippen LogP contribution in [0.2, 0.25) is 0 Å².